The summed E-state index contributed by atoms with van der Waals surface area (Å²) < 4.78 is 5.61. The summed E-state index contributed by atoms with van der Waals surface area (Å²) >= 11 is 0. The summed E-state index contributed by atoms with van der Waals surface area (Å²) in [6.45, 7) is 6.32. The molecule has 0 aromatic carbocycles. The van der Waals surface area contributed by atoms with Crippen LogP contribution in [0, 0.1) is 0 Å². The number of aliphatic hydroxyl groups is 1. The molecule has 0 aliphatic carbocycles. The number of ether oxygens (including phenoxy) is 1. The molecular formula is C10H20N2O2. The van der Waals surface area contributed by atoms with Crippen molar-refractivity contribution >= 4 is 0 Å². The Morgan fingerprint density at radius 3 is 3.00 bits per heavy atom. The number of nitrogens with zero attached hydrogens (tertiary/aromatic N) is 1. The second-order valence-electron chi connectivity index (χ2n) is 4.35. The Labute approximate surface area is 85.2 Å². The van der Waals surface area contributed by atoms with E-state index >= 15 is 0 Å². The van der Waals surface area contributed by atoms with Gasteiger partial charge in [0.25, 0.3) is 0 Å². The van der Waals surface area contributed by atoms with Gasteiger partial charge in [-0.2, -0.15) is 0 Å². The zero-order valence-electron chi connectivity index (χ0n) is 8.78. The third-order valence-corrected chi connectivity index (χ3v) is 3.11. The highest BCUT2D eigenvalue weighted by atomic mass is 16.5. The van der Waals surface area contributed by atoms with Crippen molar-refractivity contribution in [1.82, 2.24) is 10.2 Å². The van der Waals surface area contributed by atoms with E-state index in [1.165, 1.54) is 6.42 Å². The molecule has 0 amide bonds. The normalized spacial score (nSPS) is 40.3. The minimum absolute atomic E-state index is 0.0133. The average Bonchev–Trinajstić information content (AvgIpc) is 2.69. The standard InChI is InChI=1S/C10H20N2O2/c1-8-5-12(6-10(7-13)14-8)9-2-3-11-4-9/h8-11,13H,2-7H2,1H3. The lowest BCUT2D eigenvalue weighted by molar-refractivity contribution is -0.103. The van der Waals surface area contributed by atoms with Crippen LogP contribution in [0.2, 0.25) is 0 Å². The monoisotopic (exact) mass is 200 g/mol. The van der Waals surface area contributed by atoms with Crippen LogP contribution in [0.3, 0.4) is 0 Å². The molecule has 3 atom stereocenters. The van der Waals surface area contributed by atoms with Gasteiger partial charge in [0.1, 0.15) is 0 Å². The van der Waals surface area contributed by atoms with E-state index in [-0.39, 0.29) is 18.8 Å². The second kappa shape index (κ2) is 4.57. The van der Waals surface area contributed by atoms with Crippen molar-refractivity contribution in [3.05, 3.63) is 0 Å². The molecule has 4 nitrogen and oxygen atoms in total. The van der Waals surface area contributed by atoms with Crippen LogP contribution >= 0.6 is 0 Å². The van der Waals surface area contributed by atoms with Gasteiger partial charge in [-0.15, -0.1) is 0 Å². The van der Waals surface area contributed by atoms with Crippen LogP contribution in [0.15, 0.2) is 0 Å². The molecule has 4 heteroatoms. The summed E-state index contributed by atoms with van der Waals surface area (Å²) in [6, 6.07) is 0.649. The SMILES string of the molecule is CC1CN(C2CCNC2)CC(CO)O1. The summed E-state index contributed by atoms with van der Waals surface area (Å²) in [6.07, 6.45) is 1.49. The molecule has 2 saturated heterocycles. The molecule has 14 heavy (non-hydrogen) atoms. The minimum Gasteiger partial charge on any atom is -0.394 e. The first-order valence-electron chi connectivity index (χ1n) is 5.50. The highest BCUT2D eigenvalue weighted by Crippen LogP contribution is 2.16. The van der Waals surface area contributed by atoms with Gasteiger partial charge in [0.2, 0.25) is 0 Å². The van der Waals surface area contributed by atoms with Crippen molar-refractivity contribution in [3.8, 4) is 0 Å². The van der Waals surface area contributed by atoms with Crippen LogP contribution in [0.1, 0.15) is 13.3 Å². The van der Waals surface area contributed by atoms with Crippen LogP contribution in [0.5, 0.6) is 0 Å². The van der Waals surface area contributed by atoms with Crippen molar-refractivity contribution < 1.29 is 9.84 Å². The Kier molecular flexibility index (Phi) is 3.38. The van der Waals surface area contributed by atoms with E-state index < -0.39 is 0 Å². The lowest BCUT2D eigenvalue weighted by Crippen LogP contribution is -2.52. The van der Waals surface area contributed by atoms with Crippen molar-refractivity contribution in [2.45, 2.75) is 31.6 Å². The Morgan fingerprint density at radius 2 is 2.36 bits per heavy atom. The molecule has 2 aliphatic heterocycles. The summed E-state index contributed by atoms with van der Waals surface area (Å²) in [7, 11) is 0. The van der Waals surface area contributed by atoms with Gasteiger partial charge in [0, 0.05) is 25.7 Å². The quantitative estimate of drug-likeness (QED) is 0.626. The first-order valence-corrected chi connectivity index (χ1v) is 5.50. The van der Waals surface area contributed by atoms with E-state index in [0.29, 0.717) is 6.04 Å². The number of hydrogen-bond donors (Lipinski definition) is 2. The lowest BCUT2D eigenvalue weighted by atomic mass is 10.1. The number of aliphatic hydroxyl groups excluding tert-OH is 1. The molecule has 2 rings (SSSR count). The fourth-order valence-electron chi connectivity index (χ4n) is 2.43. The molecule has 2 aliphatic rings. The molecule has 3 unspecified atom stereocenters. The second-order valence-corrected chi connectivity index (χ2v) is 4.35. The third-order valence-electron chi connectivity index (χ3n) is 3.11. The number of morpholine rings is 1. The molecule has 0 aromatic rings. The first-order chi connectivity index (χ1) is 6.79. The predicted octanol–water partition coefficient (Wildman–Crippen LogP) is -0.570. The zero-order chi connectivity index (χ0) is 9.97. The van der Waals surface area contributed by atoms with Crippen LogP contribution in [0.4, 0.5) is 0 Å². The molecule has 2 heterocycles. The van der Waals surface area contributed by atoms with E-state index in [1.807, 2.05) is 0 Å². The Hall–Kier alpha value is -0.160. The van der Waals surface area contributed by atoms with Gasteiger partial charge in [0.05, 0.1) is 18.8 Å². The van der Waals surface area contributed by atoms with Crippen LogP contribution in [-0.2, 0) is 4.74 Å². The molecule has 0 bridgehead atoms. The molecule has 2 fully saturated rings. The van der Waals surface area contributed by atoms with Gasteiger partial charge in [0.15, 0.2) is 0 Å². The van der Waals surface area contributed by atoms with Gasteiger partial charge >= 0.3 is 0 Å². The highest BCUT2D eigenvalue weighted by Gasteiger charge is 2.30. The smallest absolute Gasteiger partial charge is 0.0936 e. The fraction of sp³-hybridized carbons (Fsp3) is 1.00. The minimum atomic E-state index is 0.0133. The predicted molar refractivity (Wildman–Crippen MR) is 54.3 cm³/mol. The summed E-state index contributed by atoms with van der Waals surface area (Å²) in [5.41, 5.74) is 0. The number of rotatable bonds is 2. The van der Waals surface area contributed by atoms with E-state index in [1.54, 1.807) is 0 Å². The summed E-state index contributed by atoms with van der Waals surface area (Å²) in [5, 5.41) is 12.5. The fourth-order valence-corrected chi connectivity index (χ4v) is 2.43. The van der Waals surface area contributed by atoms with Crippen molar-refractivity contribution in [2.24, 2.45) is 0 Å². The van der Waals surface area contributed by atoms with Gasteiger partial charge in [-0.1, -0.05) is 0 Å². The Balaban J connectivity index is 1.90. The van der Waals surface area contributed by atoms with Crippen molar-refractivity contribution in [1.29, 1.82) is 0 Å². The molecule has 0 saturated carbocycles. The van der Waals surface area contributed by atoms with E-state index in [4.69, 9.17) is 9.84 Å². The molecule has 0 spiro atoms. The topological polar surface area (TPSA) is 44.7 Å². The number of hydrogen-bond acceptors (Lipinski definition) is 4. The van der Waals surface area contributed by atoms with E-state index in [0.717, 1.165) is 26.2 Å². The van der Waals surface area contributed by atoms with Gasteiger partial charge < -0.3 is 15.2 Å². The van der Waals surface area contributed by atoms with Crippen LogP contribution in [0.25, 0.3) is 0 Å². The molecule has 2 N–H and O–H groups in total. The van der Waals surface area contributed by atoms with E-state index in [2.05, 4.69) is 17.1 Å². The Bertz CT molecular complexity index is 183. The first kappa shape index (κ1) is 10.4. The number of nitrogens with one attached hydrogen (secondary N) is 1. The van der Waals surface area contributed by atoms with Gasteiger partial charge in [-0.3, -0.25) is 4.90 Å². The molecular weight excluding hydrogens is 180 g/mol. The maximum atomic E-state index is 9.10. The van der Waals surface area contributed by atoms with Crippen LogP contribution in [-0.4, -0.2) is 61.0 Å². The highest BCUT2D eigenvalue weighted by molar-refractivity contribution is 4.85. The van der Waals surface area contributed by atoms with E-state index in [9.17, 15) is 0 Å². The Morgan fingerprint density at radius 1 is 1.50 bits per heavy atom. The molecule has 0 aromatic heterocycles. The molecule has 0 radical (unpaired) electrons. The van der Waals surface area contributed by atoms with Crippen molar-refractivity contribution in [2.75, 3.05) is 32.8 Å². The van der Waals surface area contributed by atoms with Crippen LogP contribution < -0.4 is 5.32 Å². The largest absolute Gasteiger partial charge is 0.394 e. The summed E-state index contributed by atoms with van der Waals surface area (Å²) in [4.78, 5) is 2.45. The third kappa shape index (κ3) is 2.25. The zero-order valence-corrected chi connectivity index (χ0v) is 8.78. The maximum Gasteiger partial charge on any atom is 0.0936 e. The van der Waals surface area contributed by atoms with Gasteiger partial charge in [-0.25, -0.2) is 0 Å². The summed E-state index contributed by atoms with van der Waals surface area (Å²) in [5.74, 6) is 0. The van der Waals surface area contributed by atoms with Gasteiger partial charge in [-0.05, 0) is 19.9 Å². The maximum absolute atomic E-state index is 9.10. The molecule has 82 valence electrons. The lowest BCUT2D eigenvalue weighted by Gasteiger charge is -2.39. The van der Waals surface area contributed by atoms with Crippen molar-refractivity contribution in [3.63, 3.8) is 0 Å². The average molecular weight is 200 g/mol.